The van der Waals surface area contributed by atoms with Gasteiger partial charge in [0.05, 0.1) is 6.10 Å². The van der Waals surface area contributed by atoms with Gasteiger partial charge in [0.25, 0.3) is 0 Å². The fourth-order valence-corrected chi connectivity index (χ4v) is 1.34. The van der Waals surface area contributed by atoms with Gasteiger partial charge in [-0.25, -0.2) is 4.79 Å². The Morgan fingerprint density at radius 2 is 1.69 bits per heavy atom. The van der Waals surface area contributed by atoms with Crippen LogP contribution in [0.2, 0.25) is 0 Å². The maximum atomic E-state index is 11.2. The molecule has 0 radical (unpaired) electrons. The van der Waals surface area contributed by atoms with Gasteiger partial charge in [0.15, 0.2) is 0 Å². The van der Waals surface area contributed by atoms with Crippen LogP contribution in [0.5, 0.6) is 0 Å². The molecule has 96 valence electrons. The third-order valence-electron chi connectivity index (χ3n) is 2.34. The van der Waals surface area contributed by atoms with Gasteiger partial charge in [0.2, 0.25) is 0 Å². The van der Waals surface area contributed by atoms with Crippen LogP contribution in [0, 0.1) is 5.92 Å². The Kier molecular flexibility index (Phi) is 9.00. The molecule has 0 aliphatic heterocycles. The van der Waals surface area contributed by atoms with Crippen molar-refractivity contribution in [2.24, 2.45) is 5.92 Å². The first-order chi connectivity index (χ1) is 7.52. The van der Waals surface area contributed by atoms with Gasteiger partial charge >= 0.3 is 6.03 Å². The lowest BCUT2D eigenvalue weighted by atomic mass is 10.1. The van der Waals surface area contributed by atoms with Crippen LogP contribution in [0.15, 0.2) is 0 Å². The normalized spacial score (nSPS) is 12.6. The molecule has 0 aromatic rings. The maximum absolute atomic E-state index is 11.2. The highest BCUT2D eigenvalue weighted by molar-refractivity contribution is 5.73. The number of aliphatic hydroxyl groups is 1. The van der Waals surface area contributed by atoms with E-state index >= 15 is 0 Å². The molecule has 0 heterocycles. The van der Waals surface area contributed by atoms with Crippen molar-refractivity contribution in [3.8, 4) is 0 Å². The Hall–Kier alpha value is -0.770. The SMILES string of the molecule is CC(C)CCCCNC(=O)NCCC(C)O. The van der Waals surface area contributed by atoms with Gasteiger partial charge in [-0.15, -0.1) is 0 Å². The molecule has 0 saturated carbocycles. The summed E-state index contributed by atoms with van der Waals surface area (Å²) in [6.45, 7) is 7.38. The van der Waals surface area contributed by atoms with Gasteiger partial charge in [-0.1, -0.05) is 26.7 Å². The highest BCUT2D eigenvalue weighted by Gasteiger charge is 2.00. The quantitative estimate of drug-likeness (QED) is 0.558. The molecule has 1 unspecified atom stereocenters. The van der Waals surface area contributed by atoms with E-state index in [0.29, 0.717) is 13.0 Å². The third kappa shape index (κ3) is 11.3. The topological polar surface area (TPSA) is 61.4 Å². The van der Waals surface area contributed by atoms with Crippen molar-refractivity contribution in [1.29, 1.82) is 0 Å². The van der Waals surface area contributed by atoms with E-state index < -0.39 is 0 Å². The van der Waals surface area contributed by atoms with Crippen molar-refractivity contribution in [2.45, 2.75) is 52.6 Å². The van der Waals surface area contributed by atoms with Crippen LogP contribution >= 0.6 is 0 Å². The molecule has 0 rings (SSSR count). The van der Waals surface area contributed by atoms with Gasteiger partial charge in [-0.3, -0.25) is 0 Å². The van der Waals surface area contributed by atoms with Crippen molar-refractivity contribution in [1.82, 2.24) is 10.6 Å². The highest BCUT2D eigenvalue weighted by atomic mass is 16.3. The highest BCUT2D eigenvalue weighted by Crippen LogP contribution is 2.04. The smallest absolute Gasteiger partial charge is 0.314 e. The minimum absolute atomic E-state index is 0.134. The number of carbonyl (C=O) groups excluding carboxylic acids is 1. The Morgan fingerprint density at radius 3 is 2.25 bits per heavy atom. The third-order valence-corrected chi connectivity index (χ3v) is 2.34. The molecule has 4 heteroatoms. The molecule has 2 amide bonds. The zero-order valence-corrected chi connectivity index (χ0v) is 10.8. The molecular weight excluding hydrogens is 204 g/mol. The van der Waals surface area contributed by atoms with Crippen LogP contribution in [0.25, 0.3) is 0 Å². The van der Waals surface area contributed by atoms with Crippen molar-refractivity contribution >= 4 is 6.03 Å². The van der Waals surface area contributed by atoms with E-state index in [-0.39, 0.29) is 12.1 Å². The number of urea groups is 1. The number of unbranched alkanes of at least 4 members (excludes halogenated alkanes) is 1. The molecule has 0 fully saturated rings. The summed E-state index contributed by atoms with van der Waals surface area (Å²) in [5.74, 6) is 0.736. The Balaban J connectivity index is 3.24. The second-order valence-electron chi connectivity index (χ2n) is 4.71. The van der Waals surface area contributed by atoms with Crippen LogP contribution in [0.4, 0.5) is 4.79 Å². The fraction of sp³-hybridized carbons (Fsp3) is 0.917. The minimum atomic E-state index is -0.355. The second-order valence-corrected chi connectivity index (χ2v) is 4.71. The molecule has 0 saturated heterocycles. The largest absolute Gasteiger partial charge is 0.393 e. The van der Waals surface area contributed by atoms with Crippen LogP contribution in [0.3, 0.4) is 0 Å². The van der Waals surface area contributed by atoms with E-state index in [1.807, 2.05) is 0 Å². The molecular formula is C12H26N2O2. The van der Waals surface area contributed by atoms with Gasteiger partial charge in [0, 0.05) is 13.1 Å². The fourth-order valence-electron chi connectivity index (χ4n) is 1.34. The minimum Gasteiger partial charge on any atom is -0.393 e. The van der Waals surface area contributed by atoms with Crippen molar-refractivity contribution in [3.63, 3.8) is 0 Å². The van der Waals surface area contributed by atoms with Crippen LogP contribution < -0.4 is 10.6 Å². The second kappa shape index (κ2) is 9.46. The lowest BCUT2D eigenvalue weighted by Crippen LogP contribution is -2.37. The van der Waals surface area contributed by atoms with Crippen LogP contribution in [0.1, 0.15) is 46.5 Å². The first kappa shape index (κ1) is 15.2. The molecule has 4 nitrogen and oxygen atoms in total. The summed E-state index contributed by atoms with van der Waals surface area (Å²) < 4.78 is 0. The van der Waals surface area contributed by atoms with Gasteiger partial charge in [-0.2, -0.15) is 0 Å². The predicted molar refractivity (Wildman–Crippen MR) is 66.4 cm³/mol. The summed E-state index contributed by atoms with van der Waals surface area (Å²) in [6, 6.07) is -0.134. The first-order valence-corrected chi connectivity index (χ1v) is 6.22. The van der Waals surface area contributed by atoms with Gasteiger partial charge in [-0.05, 0) is 25.7 Å². The van der Waals surface area contributed by atoms with Crippen LogP contribution in [-0.4, -0.2) is 30.3 Å². The van der Waals surface area contributed by atoms with Crippen LogP contribution in [-0.2, 0) is 0 Å². The van der Waals surface area contributed by atoms with Crippen molar-refractivity contribution in [3.05, 3.63) is 0 Å². The Bertz CT molecular complexity index is 182. The van der Waals surface area contributed by atoms with E-state index in [4.69, 9.17) is 5.11 Å². The number of hydrogen-bond acceptors (Lipinski definition) is 2. The Labute approximate surface area is 98.8 Å². The van der Waals surface area contributed by atoms with E-state index in [2.05, 4.69) is 24.5 Å². The molecule has 0 aromatic heterocycles. The van der Waals surface area contributed by atoms with E-state index in [9.17, 15) is 4.79 Å². The standard InChI is InChI=1S/C12H26N2O2/c1-10(2)6-4-5-8-13-12(16)14-9-7-11(3)15/h10-11,15H,4-9H2,1-3H3,(H2,13,14,16). The molecule has 0 bridgehead atoms. The van der Waals surface area contributed by atoms with E-state index in [0.717, 1.165) is 25.3 Å². The van der Waals surface area contributed by atoms with Crippen molar-refractivity contribution in [2.75, 3.05) is 13.1 Å². The lowest BCUT2D eigenvalue weighted by molar-refractivity contribution is 0.183. The number of hydrogen-bond donors (Lipinski definition) is 3. The maximum Gasteiger partial charge on any atom is 0.314 e. The number of carbonyl (C=O) groups is 1. The predicted octanol–water partition coefficient (Wildman–Crippen LogP) is 1.88. The molecule has 0 aliphatic rings. The number of nitrogens with one attached hydrogen (secondary N) is 2. The summed E-state index contributed by atoms with van der Waals surface area (Å²) in [5.41, 5.74) is 0. The first-order valence-electron chi connectivity index (χ1n) is 6.22. The summed E-state index contributed by atoms with van der Waals surface area (Å²) in [7, 11) is 0. The molecule has 0 aliphatic carbocycles. The number of amides is 2. The van der Waals surface area contributed by atoms with Gasteiger partial charge < -0.3 is 15.7 Å². The molecule has 16 heavy (non-hydrogen) atoms. The monoisotopic (exact) mass is 230 g/mol. The average molecular weight is 230 g/mol. The van der Waals surface area contributed by atoms with E-state index in [1.54, 1.807) is 6.92 Å². The summed E-state index contributed by atoms with van der Waals surface area (Å²) >= 11 is 0. The van der Waals surface area contributed by atoms with Gasteiger partial charge in [0.1, 0.15) is 0 Å². The molecule has 1 atom stereocenters. The molecule has 0 aromatic carbocycles. The summed E-state index contributed by atoms with van der Waals surface area (Å²) in [4.78, 5) is 11.2. The zero-order valence-electron chi connectivity index (χ0n) is 10.8. The average Bonchev–Trinajstić information content (AvgIpc) is 2.16. The van der Waals surface area contributed by atoms with E-state index in [1.165, 1.54) is 6.42 Å². The lowest BCUT2D eigenvalue weighted by Gasteiger charge is -2.09. The zero-order chi connectivity index (χ0) is 12.4. The molecule has 3 N–H and O–H groups in total. The summed E-state index contributed by atoms with van der Waals surface area (Å²) in [5, 5.41) is 14.5. The number of rotatable bonds is 8. The number of aliphatic hydroxyl groups excluding tert-OH is 1. The summed E-state index contributed by atoms with van der Waals surface area (Å²) in [6.07, 6.45) is 3.64. The Morgan fingerprint density at radius 1 is 1.06 bits per heavy atom. The molecule has 0 spiro atoms. The van der Waals surface area contributed by atoms with Crippen molar-refractivity contribution < 1.29 is 9.90 Å².